The van der Waals surface area contributed by atoms with Gasteiger partial charge < -0.3 is 14.0 Å². The smallest absolute Gasteiger partial charge is 0.309 e. The first-order chi connectivity index (χ1) is 19.6. The molecule has 0 radical (unpaired) electrons. The van der Waals surface area contributed by atoms with E-state index in [9.17, 15) is 14.4 Å². The van der Waals surface area contributed by atoms with Gasteiger partial charge in [0.25, 0.3) is 5.56 Å². The van der Waals surface area contributed by atoms with Gasteiger partial charge in [-0.25, -0.2) is 4.98 Å². The van der Waals surface area contributed by atoms with Gasteiger partial charge in [-0.2, -0.15) is 0 Å². The van der Waals surface area contributed by atoms with Gasteiger partial charge in [0, 0.05) is 30.6 Å². The van der Waals surface area contributed by atoms with E-state index in [0.717, 1.165) is 23.9 Å². The van der Waals surface area contributed by atoms with E-state index < -0.39 is 23.5 Å². The van der Waals surface area contributed by atoms with Crippen LogP contribution in [0.5, 0.6) is 0 Å². The number of hydrogen-bond donors (Lipinski definition) is 0. The number of aromatic nitrogens is 2. The summed E-state index contributed by atoms with van der Waals surface area (Å²) in [6.07, 6.45) is 13.5. The zero-order valence-corrected chi connectivity index (χ0v) is 25.3. The largest absolute Gasteiger partial charge is 0.469 e. The van der Waals surface area contributed by atoms with Crippen LogP contribution in [0.25, 0.3) is 11.0 Å². The second-order valence-electron chi connectivity index (χ2n) is 13.4. The lowest BCUT2D eigenvalue weighted by atomic mass is 9.89. The van der Waals surface area contributed by atoms with E-state index in [-0.39, 0.29) is 24.4 Å². The molecular weight excluding hydrogens is 518 g/mol. The number of hydrogen-bond acceptors (Lipinski definition) is 7. The van der Waals surface area contributed by atoms with Crippen LogP contribution in [0.1, 0.15) is 110 Å². The van der Waals surface area contributed by atoms with Crippen molar-refractivity contribution >= 4 is 23.0 Å². The number of rotatable bonds is 7. The van der Waals surface area contributed by atoms with Crippen molar-refractivity contribution in [1.82, 2.24) is 14.5 Å². The number of benzene rings is 1. The summed E-state index contributed by atoms with van der Waals surface area (Å²) in [6, 6.07) is 9.54. The van der Waals surface area contributed by atoms with Crippen molar-refractivity contribution in [3.63, 3.8) is 0 Å². The fraction of sp³-hybridized carbons (Fsp3) is 0.697. The standard InChI is InChI=1S/C33H47N3O5/c1-33(2,3)41-30(37)19-22(32(39)40-4)18-28-31(38)36(29-15-11-10-14-27(29)34-28)26-20-24-16-17-25(21-26)35(24)23-12-8-6-5-7-9-13-23/h10-11,14-15,22-26H,5-9,12-13,16-21H2,1-4H3/t22-,24-,25+,26?/m1/s1. The lowest BCUT2D eigenvalue weighted by molar-refractivity contribution is -0.160. The van der Waals surface area contributed by atoms with Crippen molar-refractivity contribution < 1.29 is 19.1 Å². The number of piperidine rings is 1. The van der Waals surface area contributed by atoms with Gasteiger partial charge >= 0.3 is 11.9 Å². The molecule has 4 atom stereocenters. The summed E-state index contributed by atoms with van der Waals surface area (Å²) >= 11 is 0. The molecule has 1 aromatic carbocycles. The van der Waals surface area contributed by atoms with Gasteiger partial charge in [-0.1, -0.05) is 44.2 Å². The van der Waals surface area contributed by atoms with E-state index in [1.165, 1.54) is 64.9 Å². The molecule has 2 aliphatic heterocycles. The highest BCUT2D eigenvalue weighted by Gasteiger charge is 2.44. The van der Waals surface area contributed by atoms with Crippen LogP contribution in [0.4, 0.5) is 0 Å². The monoisotopic (exact) mass is 565 g/mol. The van der Waals surface area contributed by atoms with Crippen molar-refractivity contribution in [3.05, 3.63) is 40.3 Å². The number of carbonyl (C=O) groups excluding carboxylic acids is 2. The SMILES string of the molecule is COC(=O)[C@@H](CC(=O)OC(C)(C)C)Cc1nc2ccccc2n(C2C[C@H]3CC[C@@H](C2)N3C2CCCCCCC2)c1=O. The first kappa shape index (κ1) is 29.7. The van der Waals surface area contributed by atoms with E-state index in [1.54, 1.807) is 20.8 Å². The van der Waals surface area contributed by atoms with Crippen LogP contribution in [-0.4, -0.2) is 57.2 Å². The van der Waals surface area contributed by atoms with E-state index >= 15 is 0 Å². The fourth-order valence-electron chi connectivity index (χ4n) is 7.65. The lowest BCUT2D eigenvalue weighted by Gasteiger charge is -2.45. The van der Waals surface area contributed by atoms with E-state index in [4.69, 9.17) is 14.5 Å². The van der Waals surface area contributed by atoms with Gasteiger partial charge in [0.1, 0.15) is 11.3 Å². The summed E-state index contributed by atoms with van der Waals surface area (Å²) in [5.41, 5.74) is 1.04. The summed E-state index contributed by atoms with van der Waals surface area (Å²) in [5, 5.41) is 0. The average Bonchev–Trinajstić information content (AvgIpc) is 3.15. The molecule has 2 bridgehead atoms. The summed E-state index contributed by atoms with van der Waals surface area (Å²) in [7, 11) is 1.30. The lowest BCUT2D eigenvalue weighted by Crippen LogP contribution is -2.50. The van der Waals surface area contributed by atoms with Gasteiger partial charge in [0.2, 0.25) is 0 Å². The van der Waals surface area contributed by atoms with E-state index in [1.807, 2.05) is 28.8 Å². The number of methoxy groups -OCH3 is 1. The van der Waals surface area contributed by atoms with Gasteiger partial charge in [-0.05, 0) is 71.4 Å². The van der Waals surface area contributed by atoms with Crippen LogP contribution in [0.2, 0.25) is 0 Å². The van der Waals surface area contributed by atoms with Crippen molar-refractivity contribution in [2.45, 2.75) is 134 Å². The fourth-order valence-corrected chi connectivity index (χ4v) is 7.65. The molecule has 2 aromatic rings. The maximum absolute atomic E-state index is 14.2. The molecular formula is C33H47N3O5. The normalized spacial score (nSPS) is 24.9. The van der Waals surface area contributed by atoms with Crippen molar-refractivity contribution in [3.8, 4) is 0 Å². The van der Waals surface area contributed by atoms with Crippen molar-refractivity contribution in [2.24, 2.45) is 5.92 Å². The third kappa shape index (κ3) is 6.85. The predicted octanol–water partition coefficient (Wildman–Crippen LogP) is 5.74. The Balaban J connectivity index is 1.43. The zero-order valence-electron chi connectivity index (χ0n) is 25.3. The maximum atomic E-state index is 14.2. The minimum atomic E-state index is -0.845. The topological polar surface area (TPSA) is 90.7 Å². The molecule has 1 aliphatic carbocycles. The van der Waals surface area contributed by atoms with E-state index in [2.05, 4.69) is 4.90 Å². The number of carbonyl (C=O) groups is 2. The number of esters is 2. The quantitative estimate of drug-likeness (QED) is 0.395. The van der Waals surface area contributed by atoms with Gasteiger partial charge in [0.15, 0.2) is 0 Å². The highest BCUT2D eigenvalue weighted by molar-refractivity contribution is 5.80. The molecule has 8 nitrogen and oxygen atoms in total. The number of nitrogens with zero attached hydrogens (tertiary/aromatic N) is 3. The molecule has 224 valence electrons. The first-order valence-corrected chi connectivity index (χ1v) is 15.7. The molecule has 1 saturated carbocycles. The highest BCUT2D eigenvalue weighted by atomic mass is 16.6. The number of ether oxygens (including phenoxy) is 2. The number of para-hydroxylation sites is 2. The molecule has 0 amide bonds. The van der Waals surface area contributed by atoms with Gasteiger partial charge in [0.05, 0.1) is 30.5 Å². The Hall–Kier alpha value is -2.74. The van der Waals surface area contributed by atoms with Crippen LogP contribution in [0.3, 0.4) is 0 Å². The molecule has 41 heavy (non-hydrogen) atoms. The van der Waals surface area contributed by atoms with Gasteiger partial charge in [-0.15, -0.1) is 0 Å². The Morgan fingerprint density at radius 1 is 0.927 bits per heavy atom. The summed E-state index contributed by atoms with van der Waals surface area (Å²) in [6.45, 7) is 5.37. The average molecular weight is 566 g/mol. The minimum absolute atomic E-state index is 0.0311. The van der Waals surface area contributed by atoms with Crippen LogP contribution >= 0.6 is 0 Å². The molecule has 3 heterocycles. The van der Waals surface area contributed by atoms with E-state index in [0.29, 0.717) is 23.8 Å². The molecule has 0 N–H and O–H groups in total. The number of fused-ring (bicyclic) bond motifs is 3. The molecule has 2 saturated heterocycles. The molecule has 8 heteroatoms. The Labute approximate surface area is 243 Å². The Bertz CT molecular complexity index is 1280. The van der Waals surface area contributed by atoms with Crippen molar-refractivity contribution in [2.75, 3.05) is 7.11 Å². The summed E-state index contributed by atoms with van der Waals surface area (Å²) < 4.78 is 12.5. The molecule has 0 spiro atoms. The predicted molar refractivity (Wildman–Crippen MR) is 159 cm³/mol. The van der Waals surface area contributed by atoms with Crippen molar-refractivity contribution in [1.29, 1.82) is 0 Å². The maximum Gasteiger partial charge on any atom is 0.309 e. The minimum Gasteiger partial charge on any atom is -0.469 e. The Morgan fingerprint density at radius 2 is 1.56 bits per heavy atom. The van der Waals surface area contributed by atoms with Gasteiger partial charge in [-0.3, -0.25) is 19.3 Å². The molecule has 3 fully saturated rings. The Kier molecular flexibility index (Phi) is 9.17. The third-order valence-corrected chi connectivity index (χ3v) is 9.30. The zero-order chi connectivity index (χ0) is 29.1. The van der Waals surface area contributed by atoms with Crippen LogP contribution in [0.15, 0.2) is 29.1 Å². The summed E-state index contributed by atoms with van der Waals surface area (Å²) in [4.78, 5) is 47.1. The first-order valence-electron chi connectivity index (χ1n) is 15.7. The van der Waals surface area contributed by atoms with Crippen LogP contribution in [-0.2, 0) is 25.5 Å². The Morgan fingerprint density at radius 3 is 2.20 bits per heavy atom. The third-order valence-electron chi connectivity index (χ3n) is 9.30. The summed E-state index contributed by atoms with van der Waals surface area (Å²) in [5.74, 6) is -1.88. The second kappa shape index (κ2) is 12.6. The molecule has 5 rings (SSSR count). The molecule has 1 unspecified atom stereocenters. The second-order valence-corrected chi connectivity index (χ2v) is 13.4. The molecule has 1 aromatic heterocycles. The van der Waals surface area contributed by atoms with Crippen LogP contribution < -0.4 is 5.56 Å². The highest BCUT2D eigenvalue weighted by Crippen LogP contribution is 2.44. The van der Waals surface area contributed by atoms with Crippen LogP contribution in [0, 0.1) is 5.92 Å². The molecule has 3 aliphatic rings.